The molecule has 150 valence electrons. The number of hydrogen-bond acceptors (Lipinski definition) is 1. The Balaban J connectivity index is 0.00000256. The Kier molecular flexibility index (Phi) is 7.41. The minimum absolute atomic E-state index is 0. The molecule has 1 N–H and O–H groups in total. The van der Waals surface area contributed by atoms with Gasteiger partial charge < -0.3 is 5.11 Å². The van der Waals surface area contributed by atoms with Crippen molar-refractivity contribution in [3.8, 4) is 0 Å². The quantitative estimate of drug-likeness (QED) is 0.319. The van der Waals surface area contributed by atoms with Crippen molar-refractivity contribution in [1.82, 2.24) is 0 Å². The van der Waals surface area contributed by atoms with Crippen LogP contribution in [0.4, 0.5) is 4.79 Å². The summed E-state index contributed by atoms with van der Waals surface area (Å²) in [5.41, 5.74) is 0.824. The van der Waals surface area contributed by atoms with Crippen molar-refractivity contribution in [3.05, 3.63) is 121 Å². The Hall–Kier alpha value is -2.49. The monoisotopic (exact) mass is 501 g/mol. The SMILES string of the molecule is O=C(O)B(c1ccccc1)[P+](c1ccccc1)(c1ccccc1)c1ccccc1.[Pd]. The predicted molar refractivity (Wildman–Crippen MR) is 125 cm³/mol. The van der Waals surface area contributed by atoms with Crippen LogP contribution in [0.1, 0.15) is 0 Å². The maximum absolute atomic E-state index is 12.9. The molecule has 0 amide bonds. The molecule has 0 aliphatic heterocycles. The van der Waals surface area contributed by atoms with Gasteiger partial charge in [-0.05, 0) is 41.9 Å². The van der Waals surface area contributed by atoms with Crippen LogP contribution in [0.3, 0.4) is 0 Å². The summed E-state index contributed by atoms with van der Waals surface area (Å²) in [5.74, 6) is -0.805. The molecule has 0 saturated carbocycles. The number of benzene rings is 4. The topological polar surface area (TPSA) is 37.3 Å². The van der Waals surface area contributed by atoms with E-state index < -0.39 is 19.4 Å². The van der Waals surface area contributed by atoms with Crippen LogP contribution in [0.25, 0.3) is 0 Å². The molecule has 0 spiro atoms. The van der Waals surface area contributed by atoms with Crippen molar-refractivity contribution in [2.45, 2.75) is 0 Å². The molecule has 0 aliphatic carbocycles. The molecule has 0 saturated heterocycles. The van der Waals surface area contributed by atoms with E-state index in [0.29, 0.717) is 0 Å². The number of carbonyl (C=O) groups is 1. The van der Waals surface area contributed by atoms with E-state index in [1.165, 1.54) is 0 Å². The molecular formula is C25H21BO2PPd+. The minimum atomic E-state index is -2.54. The van der Waals surface area contributed by atoms with Gasteiger partial charge in [-0.3, -0.25) is 4.79 Å². The van der Waals surface area contributed by atoms with Crippen LogP contribution in [0.2, 0.25) is 0 Å². The Bertz CT molecular complexity index is 981. The van der Waals surface area contributed by atoms with Gasteiger partial charge in [-0.1, -0.05) is 84.9 Å². The summed E-state index contributed by atoms with van der Waals surface area (Å²) in [4.78, 5) is 12.9. The van der Waals surface area contributed by atoms with Gasteiger partial charge in [0.15, 0.2) is 0 Å². The molecule has 0 aromatic heterocycles. The van der Waals surface area contributed by atoms with Crippen molar-refractivity contribution in [3.63, 3.8) is 0 Å². The molecule has 0 heterocycles. The molecule has 0 atom stereocenters. The third kappa shape index (κ3) is 4.05. The van der Waals surface area contributed by atoms with Gasteiger partial charge in [0, 0.05) is 20.4 Å². The van der Waals surface area contributed by atoms with E-state index in [9.17, 15) is 9.90 Å². The van der Waals surface area contributed by atoms with E-state index >= 15 is 0 Å². The molecule has 0 unspecified atom stereocenters. The fourth-order valence-electron chi connectivity index (χ4n) is 4.05. The maximum atomic E-state index is 12.9. The molecule has 0 radical (unpaired) electrons. The fraction of sp³-hybridized carbons (Fsp3) is 0. The smallest absolute Gasteiger partial charge is 0.485 e. The molecule has 4 aromatic rings. The van der Waals surface area contributed by atoms with E-state index in [2.05, 4.69) is 36.4 Å². The first kappa shape index (κ1) is 22.2. The first-order chi connectivity index (χ1) is 14.2. The van der Waals surface area contributed by atoms with Crippen LogP contribution in [-0.2, 0) is 20.4 Å². The summed E-state index contributed by atoms with van der Waals surface area (Å²) in [6, 6.07) is 40.0. The van der Waals surface area contributed by atoms with Gasteiger partial charge in [0.05, 0.1) is 23.1 Å². The summed E-state index contributed by atoms with van der Waals surface area (Å²) in [6.45, 7) is 0. The molecule has 4 aromatic carbocycles. The Morgan fingerprint density at radius 1 is 0.567 bits per heavy atom. The molecule has 4 rings (SSSR count). The second-order valence-corrected chi connectivity index (χ2v) is 10.4. The van der Waals surface area contributed by atoms with Crippen molar-refractivity contribution in [2.24, 2.45) is 0 Å². The standard InChI is InChI=1S/C25H20BO2P.Pd/c27-25(28)26(21-13-5-1-6-14-21)29(22-15-7-2-8-16-22,23-17-9-3-10-18-23)24-19-11-4-12-20-24;/h1-20H;/p+1. The van der Waals surface area contributed by atoms with E-state index in [0.717, 1.165) is 21.4 Å². The summed E-state index contributed by atoms with van der Waals surface area (Å²) in [5, 5.41) is 13.8. The minimum Gasteiger partial charge on any atom is -0.485 e. The second kappa shape index (κ2) is 10.0. The van der Waals surface area contributed by atoms with Crippen LogP contribution in [0.5, 0.6) is 0 Å². The van der Waals surface area contributed by atoms with E-state index in [1.54, 1.807) is 0 Å². The van der Waals surface area contributed by atoms with Gasteiger partial charge in [-0.25, -0.2) is 0 Å². The van der Waals surface area contributed by atoms with E-state index in [1.807, 2.05) is 84.9 Å². The van der Waals surface area contributed by atoms with Crippen LogP contribution < -0.4 is 21.4 Å². The van der Waals surface area contributed by atoms with Crippen molar-refractivity contribution < 1.29 is 30.3 Å². The van der Waals surface area contributed by atoms with Gasteiger partial charge >= 0.3 is 12.3 Å². The summed E-state index contributed by atoms with van der Waals surface area (Å²) < 4.78 is 0. The molecule has 2 nitrogen and oxygen atoms in total. The normalized spacial score (nSPS) is 10.7. The number of rotatable bonds is 6. The zero-order valence-electron chi connectivity index (χ0n) is 16.2. The second-order valence-electron chi connectivity index (χ2n) is 6.88. The van der Waals surface area contributed by atoms with Crippen LogP contribution in [0, 0.1) is 0 Å². The summed E-state index contributed by atoms with van der Waals surface area (Å²) >= 11 is 0. The van der Waals surface area contributed by atoms with Gasteiger partial charge in [-0.15, -0.1) is 0 Å². The number of carboxylic acid groups (broad SMARTS) is 1. The zero-order chi connectivity index (χ0) is 20.1. The maximum Gasteiger partial charge on any atom is 0.513 e. The van der Waals surface area contributed by atoms with Crippen molar-refractivity contribution in [2.75, 3.05) is 0 Å². The Morgan fingerprint density at radius 2 is 0.867 bits per heavy atom. The van der Waals surface area contributed by atoms with Crippen LogP contribution in [0.15, 0.2) is 121 Å². The molecule has 30 heavy (non-hydrogen) atoms. The molecular weight excluding hydrogens is 480 g/mol. The molecule has 5 heteroatoms. The summed E-state index contributed by atoms with van der Waals surface area (Å²) in [6.07, 6.45) is -0.684. The van der Waals surface area contributed by atoms with Crippen LogP contribution in [-0.4, -0.2) is 17.4 Å². The van der Waals surface area contributed by atoms with Crippen LogP contribution >= 0.6 is 7.14 Å². The van der Waals surface area contributed by atoms with Gasteiger partial charge in [-0.2, -0.15) is 0 Å². The van der Waals surface area contributed by atoms with Gasteiger partial charge in [0.1, 0.15) is 0 Å². The average Bonchev–Trinajstić information content (AvgIpc) is 2.79. The van der Waals surface area contributed by atoms with E-state index in [-0.39, 0.29) is 20.4 Å². The van der Waals surface area contributed by atoms with Crippen molar-refractivity contribution in [1.29, 1.82) is 0 Å². The summed E-state index contributed by atoms with van der Waals surface area (Å²) in [7, 11) is -2.54. The first-order valence-corrected chi connectivity index (χ1v) is 11.4. The Morgan fingerprint density at radius 3 is 1.17 bits per heavy atom. The number of hydrogen-bond donors (Lipinski definition) is 1. The average molecular weight is 502 g/mol. The van der Waals surface area contributed by atoms with Gasteiger partial charge in [0.2, 0.25) is 0 Å². The Labute approximate surface area is 192 Å². The molecule has 0 bridgehead atoms. The first-order valence-electron chi connectivity index (χ1n) is 9.58. The van der Waals surface area contributed by atoms with Crippen molar-refractivity contribution >= 4 is 40.8 Å². The fourth-order valence-corrected chi connectivity index (χ4v) is 8.72. The zero-order valence-corrected chi connectivity index (χ0v) is 18.7. The molecule has 0 aliphatic rings. The largest absolute Gasteiger partial charge is 0.513 e. The third-order valence-corrected chi connectivity index (χ3v) is 9.86. The predicted octanol–water partition coefficient (Wildman–Crippen LogP) is 4.14. The third-order valence-electron chi connectivity index (χ3n) is 5.23. The molecule has 0 fully saturated rings. The van der Waals surface area contributed by atoms with E-state index in [4.69, 9.17) is 0 Å². The van der Waals surface area contributed by atoms with Gasteiger partial charge in [0.25, 0.3) is 0 Å².